The summed E-state index contributed by atoms with van der Waals surface area (Å²) in [6, 6.07) is 1.57. The number of hydrogen-bond donors (Lipinski definition) is 2. The van der Waals surface area contributed by atoms with E-state index in [0.29, 0.717) is 6.54 Å². The van der Waals surface area contributed by atoms with Crippen LogP contribution in [0.4, 0.5) is 10.1 Å². The van der Waals surface area contributed by atoms with Crippen molar-refractivity contribution in [2.45, 2.75) is 86.3 Å². The summed E-state index contributed by atoms with van der Waals surface area (Å²) in [5, 5.41) is 18.2. The summed E-state index contributed by atoms with van der Waals surface area (Å²) >= 11 is 1.57. The molecule has 7 heteroatoms. The molecule has 0 fully saturated rings. The predicted octanol–water partition coefficient (Wildman–Crippen LogP) is 7.10. The number of rotatable bonds is 4. The molecular formula is C29H39FN2O3S. The molecule has 0 saturated heterocycles. The van der Waals surface area contributed by atoms with Crippen LogP contribution in [0.2, 0.25) is 0 Å². The molecular weight excluding hydrogens is 475 g/mol. The van der Waals surface area contributed by atoms with Crippen LogP contribution in [-0.4, -0.2) is 33.0 Å². The van der Waals surface area contributed by atoms with Crippen LogP contribution < -0.4 is 4.31 Å². The maximum atomic E-state index is 14.0. The SMILES string of the molecule is CC(C)(C)O.CSN1Cc2cc(F)cnc2-c2c(C)c(C3=CCC(C)(C)CC3)c(CC(=O)O)c(C)c21. The average molecular weight is 515 g/mol. The molecule has 2 aromatic rings. The van der Waals surface area contributed by atoms with Gasteiger partial charge in [0.05, 0.1) is 36.1 Å². The van der Waals surface area contributed by atoms with Crippen molar-refractivity contribution < 1.29 is 19.4 Å². The fourth-order valence-electron chi connectivity index (χ4n) is 4.98. The van der Waals surface area contributed by atoms with Gasteiger partial charge in [0, 0.05) is 17.4 Å². The third kappa shape index (κ3) is 6.30. The van der Waals surface area contributed by atoms with E-state index in [9.17, 15) is 14.3 Å². The summed E-state index contributed by atoms with van der Waals surface area (Å²) in [7, 11) is 0. The molecule has 1 aromatic heterocycles. The van der Waals surface area contributed by atoms with Crippen molar-refractivity contribution in [1.82, 2.24) is 4.98 Å². The van der Waals surface area contributed by atoms with Crippen molar-refractivity contribution in [3.05, 3.63) is 52.0 Å². The molecule has 1 aliphatic heterocycles. The van der Waals surface area contributed by atoms with Gasteiger partial charge >= 0.3 is 5.97 Å². The Hall–Kier alpha value is -2.38. The van der Waals surface area contributed by atoms with Gasteiger partial charge < -0.3 is 14.5 Å². The molecule has 0 atom stereocenters. The molecule has 36 heavy (non-hydrogen) atoms. The highest BCUT2D eigenvalue weighted by Crippen LogP contribution is 2.50. The van der Waals surface area contributed by atoms with Crippen molar-refractivity contribution in [3.8, 4) is 11.3 Å². The van der Waals surface area contributed by atoms with E-state index in [1.165, 1.54) is 11.8 Å². The van der Waals surface area contributed by atoms with Gasteiger partial charge in [0.2, 0.25) is 0 Å². The van der Waals surface area contributed by atoms with Gasteiger partial charge in [-0.25, -0.2) is 4.39 Å². The van der Waals surface area contributed by atoms with Crippen LogP contribution >= 0.6 is 11.9 Å². The maximum absolute atomic E-state index is 14.0. The van der Waals surface area contributed by atoms with Gasteiger partial charge in [-0.2, -0.15) is 0 Å². The highest BCUT2D eigenvalue weighted by atomic mass is 32.2. The Morgan fingerprint density at radius 3 is 2.39 bits per heavy atom. The lowest BCUT2D eigenvalue weighted by Gasteiger charge is -2.36. The zero-order valence-electron chi connectivity index (χ0n) is 22.8. The lowest BCUT2D eigenvalue weighted by Crippen LogP contribution is -2.24. The molecule has 0 bridgehead atoms. The molecule has 0 saturated carbocycles. The standard InChI is InChI=1S/C25H29FN2O2S.C4H10O/c1-14-19(11-20(29)30)21(16-6-8-25(3,4)9-7-16)15(2)22-23-17(10-18(26)12-27-23)13-28(31-5)24(14)22;1-4(2,3)5/h6,10,12H,7-9,11,13H2,1-5H3,(H,29,30);5H,1-3H3. The van der Waals surface area contributed by atoms with Gasteiger partial charge in [0.1, 0.15) is 5.82 Å². The Kier molecular flexibility index (Phi) is 8.26. The second kappa shape index (κ2) is 10.5. The quantitative estimate of drug-likeness (QED) is 0.424. The topological polar surface area (TPSA) is 73.7 Å². The summed E-state index contributed by atoms with van der Waals surface area (Å²) in [6.07, 6.45) is 8.51. The number of anilines is 1. The van der Waals surface area contributed by atoms with Gasteiger partial charge in [-0.05, 0) is 93.2 Å². The number of fused-ring (bicyclic) bond motifs is 3. The van der Waals surface area contributed by atoms with Crippen molar-refractivity contribution in [2.75, 3.05) is 10.6 Å². The summed E-state index contributed by atoms with van der Waals surface area (Å²) in [5.41, 5.74) is 8.63. The van der Waals surface area contributed by atoms with Gasteiger partial charge in [0.25, 0.3) is 0 Å². The van der Waals surface area contributed by atoms with Crippen molar-refractivity contribution in [1.29, 1.82) is 0 Å². The number of aromatic nitrogens is 1. The van der Waals surface area contributed by atoms with E-state index in [2.05, 4.69) is 36.1 Å². The van der Waals surface area contributed by atoms with Crippen LogP contribution in [0.1, 0.15) is 81.7 Å². The van der Waals surface area contributed by atoms with Crippen molar-refractivity contribution in [3.63, 3.8) is 0 Å². The number of nitrogens with zero attached hydrogens (tertiary/aromatic N) is 2. The Bertz CT molecular complexity index is 1190. The molecule has 2 N–H and O–H groups in total. The Morgan fingerprint density at radius 1 is 1.22 bits per heavy atom. The molecule has 1 aromatic carbocycles. The Morgan fingerprint density at radius 2 is 1.86 bits per heavy atom. The number of hydrogen-bond acceptors (Lipinski definition) is 5. The first-order valence-corrected chi connectivity index (χ1v) is 13.6. The molecule has 0 unspecified atom stereocenters. The van der Waals surface area contributed by atoms with Gasteiger partial charge in [-0.3, -0.25) is 9.78 Å². The predicted molar refractivity (Wildman–Crippen MR) is 148 cm³/mol. The van der Waals surface area contributed by atoms with Crippen LogP contribution in [0.25, 0.3) is 16.8 Å². The first kappa shape index (κ1) is 28.2. The van der Waals surface area contributed by atoms with Crippen molar-refractivity contribution in [2.24, 2.45) is 5.41 Å². The normalized spacial score (nSPS) is 16.4. The highest BCUT2D eigenvalue weighted by molar-refractivity contribution is 7.99. The monoisotopic (exact) mass is 514 g/mol. The molecule has 196 valence electrons. The van der Waals surface area contributed by atoms with Crippen LogP contribution in [0.5, 0.6) is 0 Å². The molecule has 0 radical (unpaired) electrons. The molecule has 2 heterocycles. The van der Waals surface area contributed by atoms with Gasteiger partial charge in [-0.1, -0.05) is 31.9 Å². The zero-order chi connectivity index (χ0) is 27.0. The molecule has 1 aliphatic carbocycles. The van der Waals surface area contributed by atoms with E-state index in [-0.39, 0.29) is 17.7 Å². The Labute approximate surface area is 219 Å². The summed E-state index contributed by atoms with van der Waals surface area (Å²) < 4.78 is 16.1. The van der Waals surface area contributed by atoms with E-state index in [4.69, 9.17) is 5.11 Å². The first-order chi connectivity index (χ1) is 16.6. The summed E-state index contributed by atoms with van der Waals surface area (Å²) in [6.45, 7) is 14.4. The second-order valence-electron chi connectivity index (χ2n) is 11.5. The van der Waals surface area contributed by atoms with Crippen molar-refractivity contribution >= 4 is 29.2 Å². The minimum absolute atomic E-state index is 0.0120. The summed E-state index contributed by atoms with van der Waals surface area (Å²) in [4.78, 5) is 16.3. The number of carboxylic acid groups (broad SMARTS) is 1. The smallest absolute Gasteiger partial charge is 0.307 e. The molecule has 0 spiro atoms. The van der Waals surface area contributed by atoms with E-state index in [1.54, 1.807) is 38.8 Å². The van der Waals surface area contributed by atoms with Crippen LogP contribution in [0.15, 0.2) is 18.3 Å². The van der Waals surface area contributed by atoms with Crippen LogP contribution in [0, 0.1) is 25.1 Å². The van der Waals surface area contributed by atoms with Crippen LogP contribution in [-0.2, 0) is 17.8 Å². The number of aliphatic hydroxyl groups is 1. The average Bonchev–Trinajstić information content (AvgIpc) is 2.75. The number of carboxylic acids is 1. The minimum atomic E-state index is -0.826. The van der Waals surface area contributed by atoms with E-state index in [1.807, 2.05) is 13.2 Å². The fourth-order valence-corrected chi connectivity index (χ4v) is 5.65. The molecule has 2 aliphatic rings. The highest BCUT2D eigenvalue weighted by Gasteiger charge is 2.33. The lowest BCUT2D eigenvalue weighted by atomic mass is 9.74. The molecule has 0 amide bonds. The van der Waals surface area contributed by atoms with Gasteiger partial charge in [-0.15, -0.1) is 0 Å². The largest absolute Gasteiger partial charge is 0.481 e. The number of carbonyl (C=O) groups is 1. The molecule has 5 nitrogen and oxygen atoms in total. The summed E-state index contributed by atoms with van der Waals surface area (Å²) in [5.74, 6) is -1.16. The molecule has 4 rings (SSSR count). The van der Waals surface area contributed by atoms with Crippen LogP contribution in [0.3, 0.4) is 0 Å². The Balaban J connectivity index is 0.000000658. The number of aliphatic carboxylic acids is 1. The zero-order valence-corrected chi connectivity index (χ0v) is 23.6. The minimum Gasteiger partial charge on any atom is -0.481 e. The van der Waals surface area contributed by atoms with E-state index in [0.717, 1.165) is 64.0 Å². The second-order valence-corrected chi connectivity index (χ2v) is 12.4. The fraction of sp³-hybridized carbons (Fsp3) is 0.517. The van der Waals surface area contributed by atoms with E-state index >= 15 is 0 Å². The lowest BCUT2D eigenvalue weighted by molar-refractivity contribution is -0.136. The van der Waals surface area contributed by atoms with Gasteiger partial charge in [0.15, 0.2) is 0 Å². The van der Waals surface area contributed by atoms with E-state index < -0.39 is 11.6 Å². The maximum Gasteiger partial charge on any atom is 0.307 e. The number of benzene rings is 1. The number of allylic oxidation sites excluding steroid dienone is 2. The number of halogens is 1. The third-order valence-electron chi connectivity index (χ3n) is 6.67. The third-order valence-corrected chi connectivity index (χ3v) is 7.42. The first-order valence-electron chi connectivity index (χ1n) is 12.4. The number of pyridine rings is 1.